The fourth-order valence-corrected chi connectivity index (χ4v) is 2.74. The van der Waals surface area contributed by atoms with Crippen LogP contribution in [0.3, 0.4) is 0 Å². The van der Waals surface area contributed by atoms with Crippen LogP contribution in [0.25, 0.3) is 0 Å². The van der Waals surface area contributed by atoms with Crippen molar-refractivity contribution in [2.24, 2.45) is 0 Å². The predicted octanol–water partition coefficient (Wildman–Crippen LogP) is 0.403. The van der Waals surface area contributed by atoms with Gasteiger partial charge in [0.25, 0.3) is 0 Å². The molecule has 1 radical (unpaired) electrons. The molecule has 9 nitrogen and oxygen atoms in total. The first-order chi connectivity index (χ1) is 11.8. The van der Waals surface area contributed by atoms with Crippen molar-refractivity contribution in [2.75, 3.05) is 13.1 Å². The highest BCUT2D eigenvalue weighted by molar-refractivity contribution is 6.45. The average molecular weight is 355 g/mol. The molecule has 0 atom stereocenters. The van der Waals surface area contributed by atoms with Gasteiger partial charge in [-0.25, -0.2) is 0 Å². The maximum atomic E-state index is 11.8. The Morgan fingerprint density at radius 2 is 1.64 bits per heavy atom. The van der Waals surface area contributed by atoms with E-state index in [9.17, 15) is 20.2 Å². The van der Waals surface area contributed by atoms with E-state index in [0.29, 0.717) is 57.9 Å². The second kappa shape index (κ2) is 14.1. The minimum atomic E-state index is -1.03. The molecule has 0 amide bonds. The van der Waals surface area contributed by atoms with Gasteiger partial charge in [0.05, 0.1) is 0 Å². The van der Waals surface area contributed by atoms with E-state index in [2.05, 4.69) is 10.5 Å². The van der Waals surface area contributed by atoms with Gasteiger partial charge in [0, 0.05) is 24.2 Å². The maximum absolute atomic E-state index is 11.8. The summed E-state index contributed by atoms with van der Waals surface area (Å²) in [7, 11) is 0.211. The molecule has 0 aliphatic rings. The molecule has 0 aliphatic heterocycles. The van der Waals surface area contributed by atoms with Gasteiger partial charge in [-0.05, 0) is 52.3 Å². The molecule has 141 valence electrons. The van der Waals surface area contributed by atoms with E-state index in [1.54, 1.807) is 13.6 Å². The molecule has 0 aromatic heterocycles. The molecule has 0 heterocycles. The third-order valence-electron chi connectivity index (χ3n) is 4.03. The number of nitro groups is 1. The van der Waals surface area contributed by atoms with Crippen molar-refractivity contribution < 1.29 is 19.6 Å². The van der Waals surface area contributed by atoms with Gasteiger partial charge in [-0.2, -0.15) is 0 Å². The zero-order valence-corrected chi connectivity index (χ0v) is 15.2. The minimum Gasteiger partial charge on any atom is -0.556 e. The molecule has 12 heteroatoms. The van der Waals surface area contributed by atoms with Gasteiger partial charge in [-0.3, -0.25) is 15.5 Å². The Morgan fingerprint density at radius 1 is 1.16 bits per heavy atom. The molecule has 0 aliphatic carbocycles. The first-order valence-electron chi connectivity index (χ1n) is 8.77. The summed E-state index contributed by atoms with van der Waals surface area (Å²) in [6, 6.07) is 0. The summed E-state index contributed by atoms with van der Waals surface area (Å²) in [5.41, 5.74) is -1.03. The summed E-state index contributed by atoms with van der Waals surface area (Å²) < 4.78 is 4.73. The maximum Gasteiger partial charge on any atom is 0.373 e. The molecule has 0 unspecified atom stereocenters. The van der Waals surface area contributed by atoms with Crippen LogP contribution in [0.5, 0.6) is 0 Å². The van der Waals surface area contributed by atoms with Crippen molar-refractivity contribution in [3.63, 3.8) is 0 Å². The molecule has 0 rings (SSSR count). The highest BCUT2D eigenvalue weighted by Crippen LogP contribution is 2.29. The zero-order valence-electron chi connectivity index (χ0n) is 15.2. The van der Waals surface area contributed by atoms with Crippen LogP contribution in [0.1, 0.15) is 38.5 Å². The van der Waals surface area contributed by atoms with Gasteiger partial charge < -0.3 is 25.2 Å². The normalized spacial score (nSPS) is 11.0. The summed E-state index contributed by atoms with van der Waals surface area (Å²) in [5.74, 6) is 0. The van der Waals surface area contributed by atoms with Gasteiger partial charge in [0.2, 0.25) is 5.54 Å². The molecule has 5 N–H and O–H groups in total. The number of hydrogen-bond donors (Lipinski definition) is 5. The molecular formula is C13H30B3N4O5. The molecule has 0 fully saturated rings. The van der Waals surface area contributed by atoms with Crippen LogP contribution in [-0.2, 0) is 4.65 Å². The Labute approximate surface area is 151 Å². The van der Waals surface area contributed by atoms with Gasteiger partial charge >= 0.3 is 21.6 Å². The predicted molar refractivity (Wildman–Crippen MR) is 102 cm³/mol. The van der Waals surface area contributed by atoms with E-state index in [1.165, 1.54) is 7.48 Å². The van der Waals surface area contributed by atoms with E-state index < -0.39 is 19.6 Å². The van der Waals surface area contributed by atoms with E-state index in [4.69, 9.17) is 10.1 Å². The molecule has 0 bridgehead atoms. The molecule has 25 heavy (non-hydrogen) atoms. The Kier molecular flexibility index (Phi) is 13.5. The van der Waals surface area contributed by atoms with Gasteiger partial charge in [-0.15, -0.1) is 0 Å². The van der Waals surface area contributed by atoms with E-state index in [1.807, 2.05) is 0 Å². The lowest BCUT2D eigenvalue weighted by Crippen LogP contribution is -2.41. The third-order valence-corrected chi connectivity index (χ3v) is 4.03. The smallest absolute Gasteiger partial charge is 0.373 e. The summed E-state index contributed by atoms with van der Waals surface area (Å²) >= 11 is 0. The second-order valence-electron chi connectivity index (χ2n) is 6.26. The van der Waals surface area contributed by atoms with Gasteiger partial charge in [0.1, 0.15) is 6.40 Å². The van der Waals surface area contributed by atoms with Crippen molar-refractivity contribution in [1.82, 2.24) is 10.5 Å². The molecular weight excluding hydrogens is 325 g/mol. The SMILES string of the molecule is CB(O)NCCCC(CCC[B]OC=N)(CCCNB(C)O)[N+](=O)[O-]. The third kappa shape index (κ3) is 12.0. The fourth-order valence-electron chi connectivity index (χ4n) is 2.74. The van der Waals surface area contributed by atoms with Gasteiger partial charge in [0.15, 0.2) is 0 Å². The zero-order chi connectivity index (χ0) is 19.1. The quantitative estimate of drug-likeness (QED) is 0.0635. The highest BCUT2D eigenvalue weighted by atomic mass is 16.6. The van der Waals surface area contributed by atoms with E-state index in [0.717, 1.165) is 6.40 Å². The van der Waals surface area contributed by atoms with Crippen LogP contribution in [-0.4, -0.2) is 61.6 Å². The lowest BCUT2D eigenvalue weighted by molar-refractivity contribution is -0.574. The summed E-state index contributed by atoms with van der Waals surface area (Å²) in [6.45, 7) is 4.26. The molecule has 0 saturated carbocycles. The standard InChI is InChI=1S/C13H30B3N4O5/c1-15(21)18-10-4-7-13(20(23)24,6-3-9-14-25-12-17)8-5-11-19-16(2)22/h12,17-19,21-22H,3-11H2,1-2H3. The first-order valence-corrected chi connectivity index (χ1v) is 8.77. The highest BCUT2D eigenvalue weighted by Gasteiger charge is 2.40. The fraction of sp³-hybridized carbons (Fsp3) is 0.923. The monoisotopic (exact) mass is 355 g/mol. The van der Waals surface area contributed by atoms with Crippen LogP contribution in [0, 0.1) is 15.5 Å². The first kappa shape index (κ1) is 23.9. The Bertz CT molecular complexity index is 362. The van der Waals surface area contributed by atoms with Crippen LogP contribution >= 0.6 is 0 Å². The number of nitrogens with one attached hydrogen (secondary N) is 3. The minimum absolute atomic E-state index is 0.185. The Morgan fingerprint density at radius 3 is 2.04 bits per heavy atom. The van der Waals surface area contributed by atoms with E-state index >= 15 is 0 Å². The number of hydrogen-bond acceptors (Lipinski definition) is 8. The average Bonchev–Trinajstić information content (AvgIpc) is 2.53. The molecule has 0 spiro atoms. The largest absolute Gasteiger partial charge is 0.556 e. The summed E-state index contributed by atoms with van der Waals surface area (Å²) in [5, 5.41) is 42.7. The van der Waals surface area contributed by atoms with Crippen LogP contribution in [0.4, 0.5) is 0 Å². The van der Waals surface area contributed by atoms with E-state index in [-0.39, 0.29) is 4.92 Å². The van der Waals surface area contributed by atoms with Gasteiger partial charge in [-0.1, -0.05) is 0 Å². The Balaban J connectivity index is 4.62. The van der Waals surface area contributed by atoms with Crippen molar-refractivity contribution >= 4 is 28.0 Å². The van der Waals surface area contributed by atoms with Crippen LogP contribution in [0.2, 0.25) is 20.0 Å². The van der Waals surface area contributed by atoms with Crippen LogP contribution in [0.15, 0.2) is 0 Å². The summed E-state index contributed by atoms with van der Waals surface area (Å²) in [6.07, 6.45) is 4.41. The lowest BCUT2D eigenvalue weighted by atomic mass is 9.80. The lowest BCUT2D eigenvalue weighted by Gasteiger charge is -2.26. The molecule has 0 aromatic carbocycles. The molecule has 0 aromatic rings. The number of nitrogens with zero attached hydrogens (tertiary/aromatic N) is 1. The van der Waals surface area contributed by atoms with Crippen molar-refractivity contribution in [1.29, 1.82) is 5.41 Å². The van der Waals surface area contributed by atoms with Crippen molar-refractivity contribution in [2.45, 2.75) is 64.0 Å². The van der Waals surface area contributed by atoms with Crippen molar-refractivity contribution in [3.8, 4) is 0 Å². The Hall–Kier alpha value is -1.10. The second-order valence-corrected chi connectivity index (χ2v) is 6.26. The van der Waals surface area contributed by atoms with Crippen molar-refractivity contribution in [3.05, 3.63) is 10.1 Å². The summed E-state index contributed by atoms with van der Waals surface area (Å²) in [4.78, 5) is 11.6. The number of rotatable bonds is 17. The van der Waals surface area contributed by atoms with Crippen LogP contribution < -0.4 is 10.5 Å². The topological polar surface area (TPSA) is 141 Å². The molecule has 0 saturated heterocycles.